The first-order chi connectivity index (χ1) is 14.8. The van der Waals surface area contributed by atoms with Crippen molar-refractivity contribution < 1.29 is 14.7 Å². The molecule has 0 saturated carbocycles. The van der Waals surface area contributed by atoms with Crippen LogP contribution >= 0.6 is 0 Å². The van der Waals surface area contributed by atoms with Crippen LogP contribution in [0.1, 0.15) is 72.6 Å². The van der Waals surface area contributed by atoms with E-state index in [0.717, 1.165) is 42.7 Å². The van der Waals surface area contributed by atoms with Crippen molar-refractivity contribution in [3.8, 4) is 0 Å². The van der Waals surface area contributed by atoms with Crippen LogP contribution in [0, 0.1) is 5.92 Å². The molecule has 1 amide bonds. The van der Waals surface area contributed by atoms with Crippen LogP contribution in [-0.2, 0) is 9.59 Å². The van der Waals surface area contributed by atoms with Gasteiger partial charge < -0.3 is 15.7 Å². The van der Waals surface area contributed by atoms with Gasteiger partial charge in [-0.25, -0.2) is 4.79 Å². The molecule has 5 nitrogen and oxygen atoms in total. The third kappa shape index (κ3) is 9.24. The normalized spacial score (nSPS) is 17.0. The largest absolute Gasteiger partial charge is 0.478 e. The van der Waals surface area contributed by atoms with Gasteiger partial charge in [0.1, 0.15) is 0 Å². The average Bonchev–Trinajstić information content (AvgIpc) is 2.75. The first-order valence-electron chi connectivity index (χ1n) is 11.2. The summed E-state index contributed by atoms with van der Waals surface area (Å²) in [5, 5.41) is 15.7. The molecule has 1 aliphatic rings. The van der Waals surface area contributed by atoms with Gasteiger partial charge in [-0.2, -0.15) is 0 Å². The molecule has 5 heteroatoms. The van der Waals surface area contributed by atoms with Crippen molar-refractivity contribution in [2.45, 2.75) is 72.6 Å². The maximum absolute atomic E-state index is 12.8. The fraction of sp³-hybridized carbons (Fsp3) is 0.462. The van der Waals surface area contributed by atoms with E-state index in [9.17, 15) is 14.7 Å². The van der Waals surface area contributed by atoms with Gasteiger partial charge in [0.05, 0.1) is 5.57 Å². The Morgan fingerprint density at radius 3 is 2.55 bits per heavy atom. The summed E-state index contributed by atoms with van der Waals surface area (Å²) in [6, 6.07) is 0. The molecule has 0 heterocycles. The number of carbonyl (C=O) groups excluding carboxylic acids is 1. The summed E-state index contributed by atoms with van der Waals surface area (Å²) >= 11 is 0. The Labute approximate surface area is 187 Å². The van der Waals surface area contributed by atoms with E-state index in [1.807, 2.05) is 39.0 Å². The fourth-order valence-corrected chi connectivity index (χ4v) is 3.39. The molecule has 0 aliphatic heterocycles. The zero-order chi connectivity index (χ0) is 23.2. The molecule has 0 aromatic heterocycles. The summed E-state index contributed by atoms with van der Waals surface area (Å²) in [6.07, 6.45) is 17.2. The Morgan fingerprint density at radius 1 is 1.23 bits per heavy atom. The van der Waals surface area contributed by atoms with Crippen LogP contribution in [0.5, 0.6) is 0 Å². The second-order valence-corrected chi connectivity index (χ2v) is 7.87. The minimum atomic E-state index is -0.933. The molecule has 1 aliphatic carbocycles. The number of nitrogens with one attached hydrogen (secondary N) is 2. The van der Waals surface area contributed by atoms with Crippen molar-refractivity contribution in [2.75, 3.05) is 0 Å². The summed E-state index contributed by atoms with van der Waals surface area (Å²) in [6.45, 7) is 11.7. The van der Waals surface area contributed by atoms with E-state index in [0.29, 0.717) is 30.5 Å². The first-order valence-corrected chi connectivity index (χ1v) is 11.2. The van der Waals surface area contributed by atoms with Gasteiger partial charge in [-0.3, -0.25) is 4.79 Å². The van der Waals surface area contributed by atoms with Gasteiger partial charge in [0.2, 0.25) is 5.91 Å². The zero-order valence-corrected chi connectivity index (χ0v) is 19.5. The second-order valence-electron chi connectivity index (χ2n) is 7.87. The lowest BCUT2D eigenvalue weighted by Gasteiger charge is -2.21. The van der Waals surface area contributed by atoms with Crippen molar-refractivity contribution in [3.05, 3.63) is 71.3 Å². The van der Waals surface area contributed by atoms with Gasteiger partial charge in [-0.15, -0.1) is 0 Å². The van der Waals surface area contributed by atoms with E-state index in [-0.39, 0.29) is 11.8 Å². The van der Waals surface area contributed by atoms with Gasteiger partial charge in [-0.1, -0.05) is 57.2 Å². The minimum Gasteiger partial charge on any atom is -0.478 e. The summed E-state index contributed by atoms with van der Waals surface area (Å²) in [5.41, 5.74) is 3.91. The van der Waals surface area contributed by atoms with E-state index in [1.54, 1.807) is 6.08 Å². The van der Waals surface area contributed by atoms with E-state index in [4.69, 9.17) is 0 Å². The standard InChI is InChI=1S/C26H38N2O3/c1-6-9-11-14-21(20(5)27-22(8-3)15-10-7-2)18-19(4)25(29)28-24-17-13-12-16-23(24)26(30)31/h7-8,10-11,14-15,19,27H,2,6,9,12-13,16-18H2,1,3-5H3,(H,28,29)(H,30,31)/b14-11+,15-10-,21-20+,22-8+. The summed E-state index contributed by atoms with van der Waals surface area (Å²) in [5.74, 6) is -1.36. The molecule has 1 unspecified atom stereocenters. The SMILES string of the molecule is C=C/C=C\C(=C/C)N/C(C)=C(\C=C\CCC)CC(C)C(=O)NC1=C(C(=O)O)CCCC1. The van der Waals surface area contributed by atoms with Crippen LogP contribution < -0.4 is 10.6 Å². The van der Waals surface area contributed by atoms with E-state index in [1.165, 1.54) is 0 Å². The maximum atomic E-state index is 12.8. The average molecular weight is 427 g/mol. The number of hydrogen-bond acceptors (Lipinski definition) is 3. The van der Waals surface area contributed by atoms with Gasteiger partial charge >= 0.3 is 5.97 Å². The van der Waals surface area contributed by atoms with Gasteiger partial charge in [0.15, 0.2) is 0 Å². The molecule has 3 N–H and O–H groups in total. The number of carbonyl (C=O) groups is 2. The molecule has 0 bridgehead atoms. The number of allylic oxidation sites excluding steroid dienone is 9. The first kappa shape index (κ1) is 26.2. The summed E-state index contributed by atoms with van der Waals surface area (Å²) in [7, 11) is 0. The number of aliphatic carboxylic acids is 1. The fourth-order valence-electron chi connectivity index (χ4n) is 3.39. The number of unbranched alkanes of at least 4 members (excludes halogenated alkanes) is 1. The lowest BCUT2D eigenvalue weighted by molar-refractivity contribution is -0.133. The molecule has 0 spiro atoms. The van der Waals surface area contributed by atoms with Crippen molar-refractivity contribution in [2.24, 2.45) is 5.92 Å². The van der Waals surface area contributed by atoms with Crippen molar-refractivity contribution in [1.29, 1.82) is 0 Å². The molecule has 1 rings (SSSR count). The summed E-state index contributed by atoms with van der Waals surface area (Å²) in [4.78, 5) is 24.3. The number of amides is 1. The van der Waals surface area contributed by atoms with Crippen LogP contribution in [0.2, 0.25) is 0 Å². The van der Waals surface area contributed by atoms with Crippen LogP contribution in [0.15, 0.2) is 71.3 Å². The second kappa shape index (κ2) is 14.2. The third-order valence-electron chi connectivity index (χ3n) is 5.28. The number of carboxylic acid groups (broad SMARTS) is 1. The highest BCUT2D eigenvalue weighted by molar-refractivity contribution is 5.89. The zero-order valence-electron chi connectivity index (χ0n) is 19.5. The van der Waals surface area contributed by atoms with Crippen molar-refractivity contribution >= 4 is 11.9 Å². The Kier molecular flexibility index (Phi) is 12.0. The lowest BCUT2D eigenvalue weighted by Crippen LogP contribution is -2.32. The maximum Gasteiger partial charge on any atom is 0.333 e. The molecular formula is C26H38N2O3. The minimum absolute atomic E-state index is 0.136. The topological polar surface area (TPSA) is 78.4 Å². The molecule has 1 atom stereocenters. The number of carboxylic acids is 1. The molecule has 0 saturated heterocycles. The molecular weight excluding hydrogens is 388 g/mol. The molecule has 0 aromatic rings. The predicted molar refractivity (Wildman–Crippen MR) is 128 cm³/mol. The monoisotopic (exact) mass is 426 g/mol. The van der Waals surface area contributed by atoms with Crippen LogP contribution in [0.3, 0.4) is 0 Å². The smallest absolute Gasteiger partial charge is 0.333 e. The van der Waals surface area contributed by atoms with E-state index in [2.05, 4.69) is 36.3 Å². The highest BCUT2D eigenvalue weighted by Crippen LogP contribution is 2.24. The Morgan fingerprint density at radius 2 is 1.94 bits per heavy atom. The van der Waals surface area contributed by atoms with Gasteiger partial charge in [0.25, 0.3) is 0 Å². The van der Waals surface area contributed by atoms with Crippen LogP contribution in [0.4, 0.5) is 0 Å². The highest BCUT2D eigenvalue weighted by Gasteiger charge is 2.22. The molecule has 31 heavy (non-hydrogen) atoms. The van der Waals surface area contributed by atoms with Gasteiger partial charge in [0, 0.05) is 23.0 Å². The lowest BCUT2D eigenvalue weighted by atomic mass is 9.94. The Balaban J connectivity index is 3.02. The van der Waals surface area contributed by atoms with Crippen molar-refractivity contribution in [3.63, 3.8) is 0 Å². The molecule has 0 fully saturated rings. The predicted octanol–water partition coefficient (Wildman–Crippen LogP) is 5.91. The number of rotatable bonds is 12. The molecule has 0 aromatic carbocycles. The highest BCUT2D eigenvalue weighted by atomic mass is 16.4. The van der Waals surface area contributed by atoms with Crippen LogP contribution in [-0.4, -0.2) is 17.0 Å². The van der Waals surface area contributed by atoms with Crippen LogP contribution in [0.25, 0.3) is 0 Å². The molecule has 0 radical (unpaired) electrons. The van der Waals surface area contributed by atoms with E-state index >= 15 is 0 Å². The van der Waals surface area contributed by atoms with Gasteiger partial charge in [-0.05, 0) is 64.0 Å². The Hall–Kier alpha value is -2.82. The quantitative estimate of drug-likeness (QED) is 0.339. The third-order valence-corrected chi connectivity index (χ3v) is 5.28. The summed E-state index contributed by atoms with van der Waals surface area (Å²) < 4.78 is 0. The number of hydrogen-bond donors (Lipinski definition) is 3. The van der Waals surface area contributed by atoms with Crippen molar-refractivity contribution in [1.82, 2.24) is 10.6 Å². The van der Waals surface area contributed by atoms with E-state index < -0.39 is 5.97 Å². The Bertz CT molecular complexity index is 797. The molecule has 170 valence electrons.